The lowest BCUT2D eigenvalue weighted by Gasteiger charge is -2.09. The van der Waals surface area contributed by atoms with Gasteiger partial charge in [-0.3, -0.25) is 4.79 Å². The third kappa shape index (κ3) is 1.21. The van der Waals surface area contributed by atoms with Gasteiger partial charge in [0, 0.05) is 6.54 Å². The monoisotopic (exact) mass is 191 g/mol. The van der Waals surface area contributed by atoms with Crippen LogP contribution >= 0.6 is 12.4 Å². The molecule has 0 radical (unpaired) electrons. The summed E-state index contributed by atoms with van der Waals surface area (Å²) in [6, 6.07) is 0. The quantitative estimate of drug-likeness (QED) is 0.649. The van der Waals surface area contributed by atoms with E-state index in [2.05, 4.69) is 5.32 Å². The Morgan fingerprint density at radius 3 is 2.92 bits per heavy atom. The summed E-state index contributed by atoms with van der Waals surface area (Å²) in [6.07, 6.45) is 1.04. The van der Waals surface area contributed by atoms with E-state index >= 15 is 0 Å². The summed E-state index contributed by atoms with van der Waals surface area (Å²) in [5.41, 5.74) is -0.101. The van der Waals surface area contributed by atoms with Crippen molar-refractivity contribution < 1.29 is 9.53 Å². The van der Waals surface area contributed by atoms with Crippen LogP contribution < -0.4 is 5.32 Å². The van der Waals surface area contributed by atoms with Crippen LogP contribution in [0.2, 0.25) is 0 Å². The zero-order chi connectivity index (χ0) is 7.90. The van der Waals surface area contributed by atoms with Crippen LogP contribution in [0.1, 0.15) is 13.3 Å². The lowest BCUT2D eigenvalue weighted by Crippen LogP contribution is -2.25. The third-order valence-corrected chi connectivity index (χ3v) is 2.75. The van der Waals surface area contributed by atoms with Crippen molar-refractivity contribution in [2.45, 2.75) is 13.3 Å². The number of carbonyl (C=O) groups is 1. The Kier molecular flexibility index (Phi) is 2.64. The molecular formula is C8H14ClNO2. The minimum absolute atomic E-state index is 0. The summed E-state index contributed by atoms with van der Waals surface area (Å²) in [6.45, 7) is 4.19. The summed E-state index contributed by atoms with van der Waals surface area (Å²) < 4.78 is 4.99. The van der Waals surface area contributed by atoms with E-state index in [1.165, 1.54) is 0 Å². The van der Waals surface area contributed by atoms with Gasteiger partial charge in [-0.05, 0) is 25.8 Å². The molecule has 2 aliphatic rings. The first-order valence-electron chi connectivity index (χ1n) is 4.17. The molecule has 70 valence electrons. The van der Waals surface area contributed by atoms with Gasteiger partial charge in [0.15, 0.2) is 0 Å². The van der Waals surface area contributed by atoms with Gasteiger partial charge in [-0.25, -0.2) is 0 Å². The second-order valence-electron chi connectivity index (χ2n) is 3.41. The molecule has 1 saturated carbocycles. The first-order valence-corrected chi connectivity index (χ1v) is 4.17. The Balaban J connectivity index is 0.000000720. The molecule has 2 fully saturated rings. The Morgan fingerprint density at radius 1 is 1.75 bits per heavy atom. The van der Waals surface area contributed by atoms with Crippen molar-refractivity contribution in [3.05, 3.63) is 0 Å². The van der Waals surface area contributed by atoms with E-state index in [1.807, 2.05) is 6.92 Å². The normalized spacial score (nSPS) is 36.6. The van der Waals surface area contributed by atoms with Crippen molar-refractivity contribution in [3.8, 4) is 0 Å². The van der Waals surface area contributed by atoms with E-state index in [1.54, 1.807) is 0 Å². The maximum atomic E-state index is 11.3. The Bertz CT molecular complexity index is 197. The molecule has 1 heterocycles. The molecule has 12 heavy (non-hydrogen) atoms. The second-order valence-corrected chi connectivity index (χ2v) is 3.41. The molecule has 1 aliphatic carbocycles. The average molecular weight is 192 g/mol. The van der Waals surface area contributed by atoms with Crippen LogP contribution in [0.3, 0.4) is 0 Å². The maximum Gasteiger partial charge on any atom is 0.313 e. The molecule has 2 atom stereocenters. The molecule has 1 aliphatic heterocycles. The first-order chi connectivity index (χ1) is 5.29. The number of rotatable bonds is 2. The minimum atomic E-state index is -0.101. The highest BCUT2D eigenvalue weighted by atomic mass is 35.5. The molecule has 0 aromatic carbocycles. The average Bonchev–Trinajstić information content (AvgIpc) is 2.57. The van der Waals surface area contributed by atoms with Crippen LogP contribution in [0, 0.1) is 11.3 Å². The van der Waals surface area contributed by atoms with E-state index in [9.17, 15) is 4.79 Å². The number of ether oxygens (including phenoxy) is 1. The van der Waals surface area contributed by atoms with Crippen LogP contribution in [-0.2, 0) is 9.53 Å². The number of piperidine rings is 1. The van der Waals surface area contributed by atoms with Crippen LogP contribution in [0.5, 0.6) is 0 Å². The van der Waals surface area contributed by atoms with Crippen molar-refractivity contribution in [2.24, 2.45) is 11.3 Å². The molecular weight excluding hydrogens is 178 g/mol. The SMILES string of the molecule is CCOC(=O)[C@@]12CNC[C@@H]1C2.Cl. The number of nitrogens with one attached hydrogen (secondary N) is 1. The highest BCUT2D eigenvalue weighted by molar-refractivity contribution is 5.85. The molecule has 2 rings (SSSR count). The van der Waals surface area contributed by atoms with Crippen LogP contribution in [-0.4, -0.2) is 25.7 Å². The standard InChI is InChI=1S/C8H13NO2.ClH/c1-2-11-7(10)8-3-6(8)4-9-5-8;/h6,9H,2-5H2,1H3;1H/t6-,8-;/m0./s1. The van der Waals surface area contributed by atoms with E-state index in [-0.39, 0.29) is 23.8 Å². The van der Waals surface area contributed by atoms with Gasteiger partial charge in [0.1, 0.15) is 0 Å². The molecule has 1 N–H and O–H groups in total. The van der Waals surface area contributed by atoms with Crippen LogP contribution in [0.4, 0.5) is 0 Å². The van der Waals surface area contributed by atoms with E-state index in [0.717, 1.165) is 19.5 Å². The highest BCUT2D eigenvalue weighted by Crippen LogP contribution is 2.55. The smallest absolute Gasteiger partial charge is 0.313 e. The van der Waals surface area contributed by atoms with Crippen LogP contribution in [0.25, 0.3) is 0 Å². The predicted octanol–water partition coefficient (Wildman–Crippen LogP) is 0.581. The van der Waals surface area contributed by atoms with Crippen molar-refractivity contribution >= 4 is 18.4 Å². The topological polar surface area (TPSA) is 38.3 Å². The van der Waals surface area contributed by atoms with Gasteiger partial charge in [0.2, 0.25) is 0 Å². The van der Waals surface area contributed by atoms with E-state index in [4.69, 9.17) is 4.74 Å². The first kappa shape index (κ1) is 9.81. The van der Waals surface area contributed by atoms with Gasteiger partial charge in [0.05, 0.1) is 12.0 Å². The zero-order valence-corrected chi connectivity index (χ0v) is 7.95. The Hall–Kier alpha value is -0.280. The molecule has 0 unspecified atom stereocenters. The zero-order valence-electron chi connectivity index (χ0n) is 7.13. The Labute approximate surface area is 78.3 Å². The summed E-state index contributed by atoms with van der Waals surface area (Å²) in [4.78, 5) is 11.3. The lowest BCUT2D eigenvalue weighted by molar-refractivity contribution is -0.149. The van der Waals surface area contributed by atoms with Crippen molar-refractivity contribution in [1.29, 1.82) is 0 Å². The number of hydrogen-bond donors (Lipinski definition) is 1. The summed E-state index contributed by atoms with van der Waals surface area (Å²) in [7, 11) is 0. The number of esters is 1. The van der Waals surface area contributed by atoms with Crippen molar-refractivity contribution in [3.63, 3.8) is 0 Å². The summed E-state index contributed by atoms with van der Waals surface area (Å²) in [5.74, 6) is 0.580. The molecule has 0 aromatic heterocycles. The van der Waals surface area contributed by atoms with E-state index < -0.39 is 0 Å². The number of halogens is 1. The lowest BCUT2D eigenvalue weighted by atomic mass is 10.1. The molecule has 0 aromatic rings. The summed E-state index contributed by atoms with van der Waals surface area (Å²) >= 11 is 0. The second kappa shape index (κ2) is 3.23. The maximum absolute atomic E-state index is 11.3. The number of fused-ring (bicyclic) bond motifs is 1. The van der Waals surface area contributed by atoms with Crippen LogP contribution in [0.15, 0.2) is 0 Å². The fraction of sp³-hybridized carbons (Fsp3) is 0.875. The fourth-order valence-corrected chi connectivity index (χ4v) is 1.93. The molecule has 4 heteroatoms. The molecule has 0 amide bonds. The minimum Gasteiger partial charge on any atom is -0.466 e. The molecule has 0 bridgehead atoms. The van der Waals surface area contributed by atoms with Gasteiger partial charge in [-0.2, -0.15) is 0 Å². The van der Waals surface area contributed by atoms with Gasteiger partial charge < -0.3 is 10.1 Å². The number of carbonyl (C=O) groups excluding carboxylic acids is 1. The third-order valence-electron chi connectivity index (χ3n) is 2.75. The van der Waals surface area contributed by atoms with Crippen molar-refractivity contribution in [1.82, 2.24) is 5.32 Å². The van der Waals surface area contributed by atoms with Crippen molar-refractivity contribution in [2.75, 3.05) is 19.7 Å². The largest absolute Gasteiger partial charge is 0.466 e. The van der Waals surface area contributed by atoms with E-state index in [0.29, 0.717) is 12.5 Å². The fourth-order valence-electron chi connectivity index (χ4n) is 1.93. The van der Waals surface area contributed by atoms with Gasteiger partial charge in [-0.1, -0.05) is 0 Å². The highest BCUT2D eigenvalue weighted by Gasteiger charge is 2.63. The van der Waals surface area contributed by atoms with Gasteiger partial charge in [0.25, 0.3) is 0 Å². The predicted molar refractivity (Wildman–Crippen MR) is 47.3 cm³/mol. The number of hydrogen-bond acceptors (Lipinski definition) is 3. The molecule has 1 saturated heterocycles. The molecule has 3 nitrogen and oxygen atoms in total. The molecule has 0 spiro atoms. The van der Waals surface area contributed by atoms with Gasteiger partial charge in [-0.15, -0.1) is 12.4 Å². The summed E-state index contributed by atoms with van der Waals surface area (Å²) in [5, 5.41) is 3.20. The van der Waals surface area contributed by atoms with Gasteiger partial charge >= 0.3 is 5.97 Å². The Morgan fingerprint density at radius 2 is 2.50 bits per heavy atom.